The maximum Gasteiger partial charge on any atom is 0.165 e. The molecule has 0 aromatic heterocycles. The van der Waals surface area contributed by atoms with Crippen LogP contribution >= 0.6 is 0 Å². The third-order valence-electron chi connectivity index (χ3n) is 2.95. The van der Waals surface area contributed by atoms with E-state index in [-0.39, 0.29) is 11.6 Å². The van der Waals surface area contributed by atoms with Gasteiger partial charge in [-0.2, -0.15) is 0 Å². The molecule has 0 aliphatic carbocycles. The van der Waals surface area contributed by atoms with Crippen molar-refractivity contribution in [3.8, 4) is 11.5 Å². The minimum absolute atomic E-state index is 0.216. The van der Waals surface area contributed by atoms with Gasteiger partial charge in [0.15, 0.2) is 11.6 Å². The van der Waals surface area contributed by atoms with Crippen molar-refractivity contribution < 1.29 is 9.13 Å². The maximum absolute atomic E-state index is 13.5. The zero-order valence-electron chi connectivity index (χ0n) is 10.3. The van der Waals surface area contributed by atoms with Gasteiger partial charge in [0.2, 0.25) is 0 Å². The fourth-order valence-corrected chi connectivity index (χ4v) is 1.71. The monoisotopic (exact) mass is 246 g/mol. The van der Waals surface area contributed by atoms with Crippen LogP contribution in [-0.2, 0) is 0 Å². The standard InChI is InChI=1S/C14H15FN2O/c1-9-10(2)13(8-7-12(9)17-16)18-14-6-4-3-5-11(14)15/h3-8,17H,16H2,1-2H3. The molecule has 2 aromatic carbocycles. The number of nitrogens with two attached hydrogens (primary N) is 1. The van der Waals surface area contributed by atoms with Crippen molar-refractivity contribution in [3.63, 3.8) is 0 Å². The first-order valence-corrected chi connectivity index (χ1v) is 5.62. The zero-order chi connectivity index (χ0) is 13.1. The van der Waals surface area contributed by atoms with Crippen LogP contribution in [0.4, 0.5) is 10.1 Å². The summed E-state index contributed by atoms with van der Waals surface area (Å²) in [6.07, 6.45) is 0. The van der Waals surface area contributed by atoms with Gasteiger partial charge in [-0.25, -0.2) is 4.39 Å². The van der Waals surface area contributed by atoms with E-state index in [0.717, 1.165) is 16.8 Å². The lowest BCUT2D eigenvalue weighted by Gasteiger charge is -2.14. The number of rotatable bonds is 3. The lowest BCUT2D eigenvalue weighted by atomic mass is 10.1. The second-order valence-corrected chi connectivity index (χ2v) is 4.04. The van der Waals surface area contributed by atoms with Gasteiger partial charge in [0, 0.05) is 0 Å². The van der Waals surface area contributed by atoms with E-state index in [0.29, 0.717) is 5.75 Å². The normalized spacial score (nSPS) is 10.2. The summed E-state index contributed by atoms with van der Waals surface area (Å²) in [7, 11) is 0. The summed E-state index contributed by atoms with van der Waals surface area (Å²) in [6.45, 7) is 3.84. The van der Waals surface area contributed by atoms with Gasteiger partial charge < -0.3 is 10.2 Å². The van der Waals surface area contributed by atoms with E-state index in [1.54, 1.807) is 30.3 Å². The lowest BCUT2D eigenvalue weighted by molar-refractivity contribution is 0.439. The van der Waals surface area contributed by atoms with Crippen LogP contribution in [0, 0.1) is 19.7 Å². The number of para-hydroxylation sites is 1. The van der Waals surface area contributed by atoms with Gasteiger partial charge >= 0.3 is 0 Å². The Kier molecular flexibility index (Phi) is 3.48. The van der Waals surface area contributed by atoms with Gasteiger partial charge in [-0.15, -0.1) is 0 Å². The average molecular weight is 246 g/mol. The number of hydrazine groups is 1. The third-order valence-corrected chi connectivity index (χ3v) is 2.95. The van der Waals surface area contributed by atoms with E-state index >= 15 is 0 Å². The second-order valence-electron chi connectivity index (χ2n) is 4.04. The molecular formula is C14H15FN2O. The largest absolute Gasteiger partial charge is 0.454 e. The minimum atomic E-state index is -0.379. The number of ether oxygens (including phenoxy) is 1. The van der Waals surface area contributed by atoms with Gasteiger partial charge in [-0.05, 0) is 49.2 Å². The van der Waals surface area contributed by atoms with Crippen molar-refractivity contribution in [2.75, 3.05) is 5.43 Å². The highest BCUT2D eigenvalue weighted by atomic mass is 19.1. The Labute approximate surface area is 105 Å². The van der Waals surface area contributed by atoms with Crippen molar-refractivity contribution in [1.82, 2.24) is 0 Å². The molecule has 0 saturated carbocycles. The number of nitrogens with one attached hydrogen (secondary N) is 1. The maximum atomic E-state index is 13.5. The molecule has 2 aromatic rings. The van der Waals surface area contributed by atoms with Gasteiger partial charge in [0.1, 0.15) is 5.75 Å². The van der Waals surface area contributed by atoms with Crippen molar-refractivity contribution in [2.24, 2.45) is 5.84 Å². The SMILES string of the molecule is Cc1c(NN)ccc(Oc2ccccc2F)c1C. The zero-order valence-corrected chi connectivity index (χ0v) is 10.3. The number of hydrogen-bond donors (Lipinski definition) is 2. The summed E-state index contributed by atoms with van der Waals surface area (Å²) in [5, 5.41) is 0. The third kappa shape index (κ3) is 2.28. The van der Waals surface area contributed by atoms with Crippen LogP contribution in [0.25, 0.3) is 0 Å². The molecule has 0 unspecified atom stereocenters. The van der Waals surface area contributed by atoms with Crippen LogP contribution in [0.15, 0.2) is 36.4 Å². The number of hydrogen-bond acceptors (Lipinski definition) is 3. The Bertz CT molecular complexity index is 570. The van der Waals surface area contributed by atoms with Crippen molar-refractivity contribution >= 4 is 5.69 Å². The number of halogens is 1. The molecule has 0 aliphatic rings. The summed E-state index contributed by atoms with van der Waals surface area (Å²) in [5.74, 6) is 5.85. The van der Waals surface area contributed by atoms with Crippen LogP contribution < -0.4 is 16.0 Å². The van der Waals surface area contributed by atoms with Crippen LogP contribution in [0.5, 0.6) is 11.5 Å². The Morgan fingerprint density at radius 1 is 1.00 bits per heavy atom. The summed E-state index contributed by atoms with van der Waals surface area (Å²) >= 11 is 0. The Morgan fingerprint density at radius 2 is 1.72 bits per heavy atom. The van der Waals surface area contributed by atoms with E-state index in [1.165, 1.54) is 6.07 Å². The fourth-order valence-electron chi connectivity index (χ4n) is 1.71. The summed E-state index contributed by atoms with van der Waals surface area (Å²) in [5.41, 5.74) is 5.34. The van der Waals surface area contributed by atoms with Crippen LogP contribution in [-0.4, -0.2) is 0 Å². The highest BCUT2D eigenvalue weighted by Crippen LogP contribution is 2.31. The van der Waals surface area contributed by atoms with Crippen LogP contribution in [0.2, 0.25) is 0 Å². The summed E-state index contributed by atoms with van der Waals surface area (Å²) in [6, 6.07) is 9.90. The molecule has 3 N–H and O–H groups in total. The number of benzene rings is 2. The minimum Gasteiger partial charge on any atom is -0.454 e. The van der Waals surface area contributed by atoms with Gasteiger partial charge in [0.05, 0.1) is 5.69 Å². The van der Waals surface area contributed by atoms with E-state index < -0.39 is 0 Å². The molecular weight excluding hydrogens is 231 g/mol. The first kappa shape index (κ1) is 12.4. The Hall–Kier alpha value is -2.07. The van der Waals surface area contributed by atoms with Crippen molar-refractivity contribution in [3.05, 3.63) is 53.3 Å². The number of anilines is 1. The molecule has 18 heavy (non-hydrogen) atoms. The second kappa shape index (κ2) is 5.06. The molecule has 0 heterocycles. The highest BCUT2D eigenvalue weighted by Gasteiger charge is 2.09. The Balaban J connectivity index is 2.36. The smallest absolute Gasteiger partial charge is 0.165 e. The van der Waals surface area contributed by atoms with E-state index in [4.69, 9.17) is 10.6 Å². The fraction of sp³-hybridized carbons (Fsp3) is 0.143. The lowest BCUT2D eigenvalue weighted by Crippen LogP contribution is -2.09. The van der Waals surface area contributed by atoms with Gasteiger partial charge in [-0.1, -0.05) is 12.1 Å². The number of nitrogen functional groups attached to an aromatic ring is 1. The molecule has 3 nitrogen and oxygen atoms in total. The van der Waals surface area contributed by atoms with Gasteiger partial charge in [-0.3, -0.25) is 5.84 Å². The van der Waals surface area contributed by atoms with Gasteiger partial charge in [0.25, 0.3) is 0 Å². The van der Waals surface area contributed by atoms with E-state index in [9.17, 15) is 4.39 Å². The van der Waals surface area contributed by atoms with E-state index in [1.807, 2.05) is 13.8 Å². The molecule has 2 rings (SSSR count). The molecule has 0 fully saturated rings. The average Bonchev–Trinajstić information content (AvgIpc) is 2.38. The van der Waals surface area contributed by atoms with E-state index in [2.05, 4.69) is 5.43 Å². The molecule has 0 amide bonds. The Morgan fingerprint density at radius 3 is 2.39 bits per heavy atom. The van der Waals surface area contributed by atoms with Crippen molar-refractivity contribution in [2.45, 2.75) is 13.8 Å². The van der Waals surface area contributed by atoms with Crippen molar-refractivity contribution in [1.29, 1.82) is 0 Å². The first-order valence-electron chi connectivity index (χ1n) is 5.62. The molecule has 0 atom stereocenters. The first-order chi connectivity index (χ1) is 8.63. The molecule has 0 saturated heterocycles. The molecule has 0 aliphatic heterocycles. The molecule has 0 bridgehead atoms. The molecule has 0 spiro atoms. The predicted molar refractivity (Wildman–Crippen MR) is 70.2 cm³/mol. The molecule has 94 valence electrons. The summed E-state index contributed by atoms with van der Waals surface area (Å²) in [4.78, 5) is 0. The predicted octanol–water partition coefficient (Wildman–Crippen LogP) is 3.52. The quantitative estimate of drug-likeness (QED) is 0.643. The highest BCUT2D eigenvalue weighted by molar-refractivity contribution is 5.58. The molecule has 0 radical (unpaired) electrons. The molecule has 4 heteroatoms. The topological polar surface area (TPSA) is 47.3 Å². The summed E-state index contributed by atoms with van der Waals surface area (Å²) < 4.78 is 19.1. The van der Waals surface area contributed by atoms with Crippen LogP contribution in [0.3, 0.4) is 0 Å². The van der Waals surface area contributed by atoms with Crippen LogP contribution in [0.1, 0.15) is 11.1 Å².